The fourth-order valence-corrected chi connectivity index (χ4v) is 5.58. The molecule has 4 nitrogen and oxygen atoms in total. The fraction of sp³-hybridized carbons (Fsp3) is 0.929. The monoisotopic (exact) mass is 456 g/mol. The SMILES string of the molecule is CCCCCCCCN(SC(Cl)(Cl)C(Cl)Cl)S(=O)(=O)C(C)(C)C#N. The normalized spacial score (nSPS) is 13.5. The summed E-state index contributed by atoms with van der Waals surface area (Å²) in [5, 5.41) is 9.17. The van der Waals surface area contributed by atoms with E-state index < -0.39 is 23.3 Å². The van der Waals surface area contributed by atoms with Crippen molar-refractivity contribution in [2.24, 2.45) is 0 Å². The minimum absolute atomic E-state index is 0.186. The number of rotatable bonds is 12. The standard InChI is InChI=1S/C14H24Cl4N2O2S2/c1-4-5-6-7-8-9-10-20(23-14(17,18)12(15)16)24(21,22)13(2,3)11-19/h12H,4-10H2,1-3H3. The lowest BCUT2D eigenvalue weighted by molar-refractivity contribution is 0.501. The van der Waals surface area contributed by atoms with E-state index in [1.54, 1.807) is 6.07 Å². The van der Waals surface area contributed by atoms with Crippen molar-refractivity contribution in [1.29, 1.82) is 5.26 Å². The molecule has 0 amide bonds. The van der Waals surface area contributed by atoms with Gasteiger partial charge in [-0.2, -0.15) is 5.26 Å². The topological polar surface area (TPSA) is 61.2 Å². The Bertz CT molecular complexity index is 519. The first-order chi connectivity index (χ1) is 10.9. The average molecular weight is 458 g/mol. The second-order valence-corrected chi connectivity index (χ2v) is 12.7. The van der Waals surface area contributed by atoms with Crippen molar-refractivity contribution >= 4 is 68.4 Å². The molecule has 0 saturated heterocycles. The summed E-state index contributed by atoms with van der Waals surface area (Å²) in [5.41, 5.74) is 0. The Morgan fingerprint density at radius 2 is 1.62 bits per heavy atom. The zero-order valence-corrected chi connectivity index (χ0v) is 18.7. The van der Waals surface area contributed by atoms with Crippen LogP contribution in [0.4, 0.5) is 0 Å². The molecule has 24 heavy (non-hydrogen) atoms. The van der Waals surface area contributed by atoms with Gasteiger partial charge in [-0.15, -0.1) is 26.9 Å². The summed E-state index contributed by atoms with van der Waals surface area (Å²) in [7, 11) is -3.97. The van der Waals surface area contributed by atoms with Gasteiger partial charge in [-0.3, -0.25) is 0 Å². The Hall–Kier alpha value is 0.910. The van der Waals surface area contributed by atoms with Crippen molar-refractivity contribution in [3.63, 3.8) is 0 Å². The Balaban J connectivity index is 5.09. The number of unbranched alkanes of at least 4 members (excludes halogenated alkanes) is 5. The molecule has 0 bridgehead atoms. The van der Waals surface area contributed by atoms with Crippen LogP contribution in [0.5, 0.6) is 0 Å². The van der Waals surface area contributed by atoms with Crippen molar-refractivity contribution in [2.45, 2.75) is 72.5 Å². The summed E-state index contributed by atoms with van der Waals surface area (Å²) >= 11 is 24.1. The van der Waals surface area contributed by atoms with E-state index in [4.69, 9.17) is 46.4 Å². The van der Waals surface area contributed by atoms with Gasteiger partial charge in [0.2, 0.25) is 13.7 Å². The lowest BCUT2D eigenvalue weighted by Gasteiger charge is -2.31. The van der Waals surface area contributed by atoms with E-state index in [2.05, 4.69) is 6.92 Å². The molecule has 0 fully saturated rings. The van der Waals surface area contributed by atoms with Crippen LogP contribution in [0.25, 0.3) is 0 Å². The third-order valence-corrected chi connectivity index (χ3v) is 9.34. The first-order valence-electron chi connectivity index (χ1n) is 7.71. The summed E-state index contributed by atoms with van der Waals surface area (Å²) in [4.78, 5) is -1.20. The molecule has 0 rings (SSSR count). The molecule has 0 N–H and O–H groups in total. The minimum atomic E-state index is -3.97. The summed E-state index contributed by atoms with van der Waals surface area (Å²) in [6.45, 7) is 4.98. The van der Waals surface area contributed by atoms with Gasteiger partial charge in [0.05, 0.1) is 6.07 Å². The fourth-order valence-electron chi connectivity index (χ4n) is 1.72. The summed E-state index contributed by atoms with van der Waals surface area (Å²) in [6, 6.07) is 1.80. The van der Waals surface area contributed by atoms with Crippen LogP contribution >= 0.6 is 58.4 Å². The van der Waals surface area contributed by atoms with Crippen molar-refractivity contribution in [3.8, 4) is 6.07 Å². The van der Waals surface area contributed by atoms with E-state index in [1.165, 1.54) is 13.8 Å². The van der Waals surface area contributed by atoms with E-state index >= 15 is 0 Å². The molecule has 0 aromatic rings. The quantitative estimate of drug-likeness (QED) is 0.209. The second kappa shape index (κ2) is 10.9. The van der Waals surface area contributed by atoms with Gasteiger partial charge in [-0.1, -0.05) is 62.2 Å². The van der Waals surface area contributed by atoms with Crippen LogP contribution in [-0.4, -0.2) is 31.9 Å². The van der Waals surface area contributed by atoms with Gasteiger partial charge in [0, 0.05) is 6.54 Å². The van der Waals surface area contributed by atoms with E-state index in [9.17, 15) is 13.7 Å². The molecule has 10 heteroatoms. The molecule has 0 saturated carbocycles. The smallest absolute Gasteiger partial charge is 0.210 e. The minimum Gasteiger partial charge on any atom is -0.210 e. The molecule has 0 aliphatic rings. The summed E-state index contributed by atoms with van der Waals surface area (Å²) < 4.78 is 23.2. The molecule has 0 radical (unpaired) electrons. The van der Waals surface area contributed by atoms with E-state index in [0.29, 0.717) is 18.4 Å². The second-order valence-electron chi connectivity index (χ2n) is 5.88. The van der Waals surface area contributed by atoms with Crippen LogP contribution < -0.4 is 0 Å². The van der Waals surface area contributed by atoms with E-state index in [1.807, 2.05) is 0 Å². The van der Waals surface area contributed by atoms with Gasteiger partial charge in [-0.05, 0) is 32.2 Å². The maximum absolute atomic E-state index is 12.7. The van der Waals surface area contributed by atoms with Crippen LogP contribution in [0.1, 0.15) is 59.3 Å². The molecule has 0 heterocycles. The number of sulfonamides is 1. The molecular formula is C14H24Cl4N2O2S2. The number of nitrogens with zero attached hydrogens (tertiary/aromatic N) is 2. The number of nitriles is 1. The zero-order chi connectivity index (χ0) is 19.0. The Morgan fingerprint density at radius 3 is 2.08 bits per heavy atom. The molecule has 0 unspecified atom stereocenters. The lowest BCUT2D eigenvalue weighted by Crippen LogP contribution is -2.43. The highest BCUT2D eigenvalue weighted by atomic mass is 35.5. The number of hydrogen-bond donors (Lipinski definition) is 0. The highest BCUT2D eigenvalue weighted by molar-refractivity contribution is 8.11. The van der Waals surface area contributed by atoms with Crippen LogP contribution in [0.2, 0.25) is 0 Å². The van der Waals surface area contributed by atoms with Crippen LogP contribution in [0.15, 0.2) is 0 Å². The molecule has 142 valence electrons. The van der Waals surface area contributed by atoms with Crippen LogP contribution in [0.3, 0.4) is 0 Å². The Labute approximate surface area is 170 Å². The van der Waals surface area contributed by atoms with Crippen LogP contribution in [-0.2, 0) is 10.0 Å². The Morgan fingerprint density at radius 1 is 1.12 bits per heavy atom. The molecular weight excluding hydrogens is 434 g/mol. The van der Waals surface area contributed by atoms with Gasteiger partial charge < -0.3 is 0 Å². The largest absolute Gasteiger partial charge is 0.242 e. The van der Waals surface area contributed by atoms with Gasteiger partial charge in [0.1, 0.15) is 0 Å². The summed E-state index contributed by atoms with van der Waals surface area (Å²) in [5.74, 6) is 0. The third kappa shape index (κ3) is 7.65. The number of halogens is 4. The van der Waals surface area contributed by atoms with Crippen molar-refractivity contribution in [2.75, 3.05) is 6.54 Å². The maximum Gasteiger partial charge on any atom is 0.242 e. The number of alkyl halides is 4. The molecule has 0 atom stereocenters. The number of hydrogen-bond acceptors (Lipinski definition) is 4. The lowest BCUT2D eigenvalue weighted by atomic mass is 10.1. The van der Waals surface area contributed by atoms with Crippen molar-refractivity contribution in [3.05, 3.63) is 0 Å². The van der Waals surface area contributed by atoms with Gasteiger partial charge in [-0.25, -0.2) is 8.42 Å². The average Bonchev–Trinajstić information content (AvgIpc) is 2.48. The van der Waals surface area contributed by atoms with E-state index in [-0.39, 0.29) is 6.54 Å². The van der Waals surface area contributed by atoms with Gasteiger partial charge in [0.25, 0.3) is 0 Å². The molecule has 0 aliphatic carbocycles. The first-order valence-corrected chi connectivity index (χ1v) is 11.5. The highest BCUT2D eigenvalue weighted by Crippen LogP contribution is 2.46. The predicted octanol–water partition coefficient (Wildman–Crippen LogP) is 5.86. The zero-order valence-electron chi connectivity index (χ0n) is 14.1. The maximum atomic E-state index is 12.7. The van der Waals surface area contributed by atoms with Crippen LogP contribution in [0, 0.1) is 11.3 Å². The molecule has 0 aromatic heterocycles. The molecule has 0 aliphatic heterocycles. The predicted molar refractivity (Wildman–Crippen MR) is 106 cm³/mol. The third-order valence-electron chi connectivity index (χ3n) is 3.35. The van der Waals surface area contributed by atoms with Gasteiger partial charge >= 0.3 is 0 Å². The molecule has 0 spiro atoms. The Kier molecular flexibility index (Phi) is 11.3. The summed E-state index contributed by atoms with van der Waals surface area (Å²) in [6.07, 6.45) is 5.94. The molecule has 0 aromatic carbocycles. The highest BCUT2D eigenvalue weighted by Gasteiger charge is 2.45. The van der Waals surface area contributed by atoms with Crippen molar-refractivity contribution < 1.29 is 8.42 Å². The van der Waals surface area contributed by atoms with E-state index in [0.717, 1.165) is 35.8 Å². The van der Waals surface area contributed by atoms with Crippen molar-refractivity contribution in [1.82, 2.24) is 3.71 Å². The van der Waals surface area contributed by atoms with Gasteiger partial charge in [0.15, 0.2) is 9.58 Å². The first kappa shape index (κ1) is 24.9.